The lowest BCUT2D eigenvalue weighted by Gasteiger charge is -2.27. The van der Waals surface area contributed by atoms with Gasteiger partial charge in [-0.2, -0.15) is 12.6 Å². The molecule has 114 valence electrons. The summed E-state index contributed by atoms with van der Waals surface area (Å²) in [5.41, 5.74) is 0. The zero-order valence-electron chi connectivity index (χ0n) is 12.8. The van der Waals surface area contributed by atoms with Crippen LogP contribution in [-0.2, 0) is 4.74 Å². The molecule has 0 saturated carbocycles. The van der Waals surface area contributed by atoms with Gasteiger partial charge in [0.15, 0.2) is 0 Å². The molecule has 19 heavy (non-hydrogen) atoms. The third-order valence-electron chi connectivity index (χ3n) is 4.11. The Balaban J connectivity index is 1.85. The van der Waals surface area contributed by atoms with E-state index < -0.39 is 0 Å². The van der Waals surface area contributed by atoms with Crippen LogP contribution in [0.4, 0.5) is 0 Å². The van der Waals surface area contributed by atoms with E-state index in [1.807, 2.05) is 0 Å². The molecule has 1 rings (SSSR count). The van der Waals surface area contributed by atoms with Crippen molar-refractivity contribution >= 4 is 12.6 Å². The molecule has 0 unspecified atom stereocenters. The number of thiol groups is 1. The molecule has 1 fully saturated rings. The van der Waals surface area contributed by atoms with Crippen molar-refractivity contribution < 1.29 is 4.74 Å². The second kappa shape index (κ2) is 12.0. The molecular weight excluding hydrogens is 254 g/mol. The fourth-order valence-corrected chi connectivity index (χ4v) is 3.06. The van der Waals surface area contributed by atoms with E-state index in [1.54, 1.807) is 0 Å². The Labute approximate surface area is 125 Å². The van der Waals surface area contributed by atoms with Crippen molar-refractivity contribution in [1.82, 2.24) is 4.90 Å². The van der Waals surface area contributed by atoms with Gasteiger partial charge in [0.05, 0.1) is 0 Å². The Kier molecular flexibility index (Phi) is 11.0. The molecule has 3 heteroatoms. The van der Waals surface area contributed by atoms with Crippen LogP contribution < -0.4 is 0 Å². The first kappa shape index (κ1) is 17.3. The summed E-state index contributed by atoms with van der Waals surface area (Å²) in [6, 6.07) is 0. The Bertz CT molecular complexity index is 195. The van der Waals surface area contributed by atoms with E-state index in [9.17, 15) is 0 Å². The third-order valence-corrected chi connectivity index (χ3v) is 4.42. The summed E-state index contributed by atoms with van der Waals surface area (Å²) in [6.45, 7) is 4.49. The van der Waals surface area contributed by atoms with E-state index >= 15 is 0 Å². The van der Waals surface area contributed by atoms with Crippen LogP contribution in [0.15, 0.2) is 0 Å². The molecule has 0 atom stereocenters. The number of ether oxygens (including phenoxy) is 1. The van der Waals surface area contributed by atoms with Crippen LogP contribution in [0, 0.1) is 5.92 Å². The molecule has 0 aromatic carbocycles. The van der Waals surface area contributed by atoms with Crippen LogP contribution >= 0.6 is 12.6 Å². The zero-order chi connectivity index (χ0) is 13.8. The van der Waals surface area contributed by atoms with Crippen LogP contribution in [0.1, 0.15) is 57.8 Å². The molecule has 1 aliphatic rings. The smallest absolute Gasteiger partial charge is 0.0469 e. The van der Waals surface area contributed by atoms with Crippen molar-refractivity contribution in [3.8, 4) is 0 Å². The molecule has 0 bridgehead atoms. The van der Waals surface area contributed by atoms with Gasteiger partial charge in [0.2, 0.25) is 0 Å². The van der Waals surface area contributed by atoms with Gasteiger partial charge in [-0.1, -0.05) is 32.1 Å². The summed E-state index contributed by atoms with van der Waals surface area (Å²) in [5, 5.41) is 0. The minimum atomic E-state index is 0.875. The quantitative estimate of drug-likeness (QED) is 0.455. The molecule has 0 aliphatic carbocycles. The maximum Gasteiger partial charge on any atom is 0.0469 e. The number of unbranched alkanes of at least 4 members (excludes halogenated alkanes) is 6. The van der Waals surface area contributed by atoms with E-state index in [1.165, 1.54) is 70.9 Å². The van der Waals surface area contributed by atoms with E-state index in [-0.39, 0.29) is 0 Å². The van der Waals surface area contributed by atoms with Crippen molar-refractivity contribution in [2.45, 2.75) is 57.8 Å². The predicted octanol–water partition coefficient (Wildman–Crippen LogP) is 4.01. The summed E-state index contributed by atoms with van der Waals surface area (Å²) in [5.74, 6) is 1.93. The minimum Gasteiger partial charge on any atom is -0.381 e. The van der Waals surface area contributed by atoms with Gasteiger partial charge < -0.3 is 9.64 Å². The molecule has 0 radical (unpaired) electrons. The lowest BCUT2D eigenvalue weighted by Crippen LogP contribution is -2.30. The van der Waals surface area contributed by atoms with Crippen molar-refractivity contribution in [3.05, 3.63) is 0 Å². The van der Waals surface area contributed by atoms with Crippen LogP contribution in [0.5, 0.6) is 0 Å². The summed E-state index contributed by atoms with van der Waals surface area (Å²) in [7, 11) is 2.28. The minimum absolute atomic E-state index is 0.875. The molecule has 2 nitrogen and oxygen atoms in total. The Morgan fingerprint density at radius 1 is 0.947 bits per heavy atom. The van der Waals surface area contributed by atoms with Crippen molar-refractivity contribution in [2.75, 3.05) is 39.1 Å². The maximum absolute atomic E-state index is 5.41. The topological polar surface area (TPSA) is 12.5 Å². The van der Waals surface area contributed by atoms with Crippen LogP contribution in [0.3, 0.4) is 0 Å². The van der Waals surface area contributed by atoms with Gasteiger partial charge in [-0.15, -0.1) is 0 Å². The van der Waals surface area contributed by atoms with Gasteiger partial charge in [0, 0.05) is 19.8 Å². The van der Waals surface area contributed by atoms with Crippen molar-refractivity contribution in [3.63, 3.8) is 0 Å². The van der Waals surface area contributed by atoms with Gasteiger partial charge in [-0.25, -0.2) is 0 Å². The molecule has 0 amide bonds. The average molecular weight is 288 g/mol. The summed E-state index contributed by atoms with van der Waals surface area (Å²) >= 11 is 4.24. The Morgan fingerprint density at radius 2 is 1.53 bits per heavy atom. The Hall–Kier alpha value is 0.270. The third kappa shape index (κ3) is 9.75. The fraction of sp³-hybridized carbons (Fsp3) is 1.00. The monoisotopic (exact) mass is 287 g/mol. The standard InChI is InChI=1S/C16H33NOS/c1-17(15-16-9-12-18-13-10-16)11-7-5-3-2-4-6-8-14-19/h16,19H,2-15H2,1H3. The molecule has 0 spiro atoms. The van der Waals surface area contributed by atoms with E-state index in [4.69, 9.17) is 4.74 Å². The number of nitrogens with zero attached hydrogens (tertiary/aromatic N) is 1. The van der Waals surface area contributed by atoms with Gasteiger partial charge >= 0.3 is 0 Å². The highest BCUT2D eigenvalue weighted by molar-refractivity contribution is 7.80. The molecule has 1 heterocycles. The highest BCUT2D eigenvalue weighted by atomic mass is 32.1. The van der Waals surface area contributed by atoms with Crippen molar-refractivity contribution in [2.24, 2.45) is 5.92 Å². The van der Waals surface area contributed by atoms with Crippen LogP contribution in [0.25, 0.3) is 0 Å². The van der Waals surface area contributed by atoms with Crippen molar-refractivity contribution in [1.29, 1.82) is 0 Å². The summed E-state index contributed by atoms with van der Waals surface area (Å²) < 4.78 is 5.41. The second-order valence-corrected chi connectivity index (χ2v) is 6.46. The predicted molar refractivity (Wildman–Crippen MR) is 87.2 cm³/mol. The molecular formula is C16H33NOS. The normalized spacial score (nSPS) is 17.2. The fourth-order valence-electron chi connectivity index (χ4n) is 2.84. The summed E-state index contributed by atoms with van der Waals surface area (Å²) in [6.07, 6.45) is 12.2. The van der Waals surface area contributed by atoms with E-state index in [0.29, 0.717) is 0 Å². The lowest BCUT2D eigenvalue weighted by molar-refractivity contribution is 0.0556. The molecule has 1 aliphatic heterocycles. The first-order valence-corrected chi connectivity index (χ1v) is 8.83. The SMILES string of the molecule is CN(CCCCCCCCCS)CC1CCOCC1. The number of hydrogen-bond donors (Lipinski definition) is 1. The van der Waals surface area contributed by atoms with Gasteiger partial charge in [0.1, 0.15) is 0 Å². The van der Waals surface area contributed by atoms with Gasteiger partial charge in [-0.3, -0.25) is 0 Å². The second-order valence-electron chi connectivity index (χ2n) is 6.02. The highest BCUT2D eigenvalue weighted by Gasteiger charge is 2.15. The number of rotatable bonds is 11. The molecule has 0 aromatic rings. The molecule has 1 saturated heterocycles. The molecule has 0 aromatic heterocycles. The lowest BCUT2D eigenvalue weighted by atomic mass is 10.00. The maximum atomic E-state index is 5.41. The van der Waals surface area contributed by atoms with E-state index in [0.717, 1.165) is 24.9 Å². The Morgan fingerprint density at radius 3 is 2.16 bits per heavy atom. The highest BCUT2D eigenvalue weighted by Crippen LogP contribution is 2.16. The molecule has 0 N–H and O–H groups in total. The van der Waals surface area contributed by atoms with E-state index in [2.05, 4.69) is 24.6 Å². The zero-order valence-corrected chi connectivity index (χ0v) is 13.7. The number of hydrogen-bond acceptors (Lipinski definition) is 3. The first-order chi connectivity index (χ1) is 9.33. The largest absolute Gasteiger partial charge is 0.381 e. The first-order valence-electron chi connectivity index (χ1n) is 8.20. The van der Waals surface area contributed by atoms with Crippen LogP contribution in [0.2, 0.25) is 0 Å². The van der Waals surface area contributed by atoms with Crippen LogP contribution in [-0.4, -0.2) is 44.0 Å². The summed E-state index contributed by atoms with van der Waals surface area (Å²) in [4.78, 5) is 2.52. The average Bonchev–Trinajstić information content (AvgIpc) is 2.43. The van der Waals surface area contributed by atoms with Gasteiger partial charge in [0.25, 0.3) is 0 Å². The van der Waals surface area contributed by atoms with Gasteiger partial charge in [-0.05, 0) is 50.9 Å².